The lowest BCUT2D eigenvalue weighted by Crippen LogP contribution is -2.86. The minimum Gasteiger partial charge on any atom is -0.333 e. The number of hydrogen-bond acceptors (Lipinski definition) is 1. The maximum absolute atomic E-state index is 13.4. The maximum Gasteiger partial charge on any atom is 0.279 e. The van der Waals surface area contributed by atoms with Crippen LogP contribution in [0, 0.1) is 17.5 Å². The van der Waals surface area contributed by atoms with E-state index in [-0.39, 0.29) is 24.2 Å². The van der Waals surface area contributed by atoms with Gasteiger partial charge in [-0.2, -0.15) is 0 Å². The molecular weight excluding hydrogens is 293 g/mol. The van der Waals surface area contributed by atoms with Crippen molar-refractivity contribution in [1.29, 1.82) is 0 Å². The summed E-state index contributed by atoms with van der Waals surface area (Å²) < 4.78 is 39.4. The first kappa shape index (κ1) is 16.0. The van der Waals surface area contributed by atoms with E-state index >= 15 is 0 Å². The molecule has 0 spiro atoms. The zero-order valence-electron chi connectivity index (χ0n) is 11.9. The van der Waals surface area contributed by atoms with Gasteiger partial charge in [0.25, 0.3) is 5.91 Å². The van der Waals surface area contributed by atoms with Crippen LogP contribution in [0.15, 0.2) is 42.5 Å². The molecule has 1 atom stereocenters. The van der Waals surface area contributed by atoms with E-state index in [2.05, 4.69) is 5.32 Å². The highest BCUT2D eigenvalue weighted by molar-refractivity contribution is 5.91. The molecule has 2 rings (SSSR count). The van der Waals surface area contributed by atoms with Crippen molar-refractivity contribution < 1.29 is 23.3 Å². The van der Waals surface area contributed by atoms with E-state index in [1.807, 2.05) is 0 Å². The highest BCUT2D eigenvalue weighted by atomic mass is 19.2. The van der Waals surface area contributed by atoms with Gasteiger partial charge in [0, 0.05) is 5.56 Å². The molecule has 0 saturated heterocycles. The monoisotopic (exact) mass is 309 g/mol. The van der Waals surface area contributed by atoms with Crippen LogP contribution in [0.2, 0.25) is 0 Å². The first-order chi connectivity index (χ1) is 10.5. The highest BCUT2D eigenvalue weighted by Crippen LogP contribution is 2.13. The van der Waals surface area contributed by atoms with Crippen LogP contribution in [0.4, 0.5) is 18.9 Å². The average molecular weight is 309 g/mol. The third kappa shape index (κ3) is 4.08. The molecule has 0 aliphatic heterocycles. The fourth-order valence-electron chi connectivity index (χ4n) is 1.98. The normalized spacial score (nSPS) is 12.0. The van der Waals surface area contributed by atoms with E-state index in [4.69, 9.17) is 0 Å². The lowest BCUT2D eigenvalue weighted by molar-refractivity contribution is -0.682. The molecule has 3 N–H and O–H groups in total. The number of anilines is 1. The molecule has 0 aliphatic carbocycles. The quantitative estimate of drug-likeness (QED) is 0.875. The van der Waals surface area contributed by atoms with Gasteiger partial charge < -0.3 is 10.6 Å². The molecule has 6 heteroatoms. The molecule has 0 heterocycles. The number of para-hydroxylation sites is 1. The second-order valence-corrected chi connectivity index (χ2v) is 4.93. The van der Waals surface area contributed by atoms with Crippen molar-refractivity contribution in [2.24, 2.45) is 0 Å². The second-order valence-electron chi connectivity index (χ2n) is 4.93. The van der Waals surface area contributed by atoms with Crippen molar-refractivity contribution in [3.8, 4) is 0 Å². The number of carbonyl (C=O) groups is 1. The van der Waals surface area contributed by atoms with Crippen LogP contribution in [0.5, 0.6) is 0 Å². The summed E-state index contributed by atoms with van der Waals surface area (Å²) in [5, 5.41) is 4.11. The first-order valence-corrected chi connectivity index (χ1v) is 6.80. The van der Waals surface area contributed by atoms with E-state index < -0.39 is 17.5 Å². The van der Waals surface area contributed by atoms with Crippen LogP contribution < -0.4 is 10.6 Å². The Morgan fingerprint density at radius 3 is 2.50 bits per heavy atom. The van der Waals surface area contributed by atoms with Gasteiger partial charge >= 0.3 is 0 Å². The van der Waals surface area contributed by atoms with Crippen molar-refractivity contribution in [2.75, 3.05) is 11.9 Å². The minimum atomic E-state index is -0.923. The number of carbonyl (C=O) groups excluding carboxylic acids is 1. The maximum atomic E-state index is 13.4. The van der Waals surface area contributed by atoms with E-state index in [9.17, 15) is 18.0 Å². The lowest BCUT2D eigenvalue weighted by atomic mass is 10.1. The lowest BCUT2D eigenvalue weighted by Gasteiger charge is -2.11. The Morgan fingerprint density at radius 2 is 1.82 bits per heavy atom. The molecule has 22 heavy (non-hydrogen) atoms. The Balaban J connectivity index is 1.90. The van der Waals surface area contributed by atoms with Crippen LogP contribution >= 0.6 is 0 Å². The summed E-state index contributed by atoms with van der Waals surface area (Å²) >= 11 is 0. The van der Waals surface area contributed by atoms with E-state index in [0.717, 1.165) is 12.1 Å². The molecule has 0 radical (unpaired) electrons. The minimum absolute atomic E-state index is 0.0362. The Hall–Kier alpha value is -2.34. The number of amides is 1. The predicted molar refractivity (Wildman–Crippen MR) is 76.6 cm³/mol. The summed E-state index contributed by atoms with van der Waals surface area (Å²) in [6.45, 7) is 1.80. The molecule has 0 bridgehead atoms. The molecule has 0 unspecified atom stereocenters. The van der Waals surface area contributed by atoms with Gasteiger partial charge in [0.1, 0.15) is 11.9 Å². The molecule has 1 amide bonds. The van der Waals surface area contributed by atoms with Crippen LogP contribution in [0.1, 0.15) is 18.5 Å². The van der Waals surface area contributed by atoms with Gasteiger partial charge in [0.2, 0.25) is 0 Å². The number of nitrogens with one attached hydrogen (secondary N) is 1. The second kappa shape index (κ2) is 7.09. The van der Waals surface area contributed by atoms with Crippen LogP contribution in [0.3, 0.4) is 0 Å². The molecule has 0 aliphatic rings. The SMILES string of the molecule is C[C@@H]([NH2+]CC(=O)Nc1ccccc1F)c1ccc(F)c(F)c1. The molecule has 2 aromatic rings. The molecule has 0 aromatic heterocycles. The first-order valence-electron chi connectivity index (χ1n) is 6.80. The molecular formula is C16H16F3N2O+. The topological polar surface area (TPSA) is 45.7 Å². The zero-order chi connectivity index (χ0) is 16.1. The summed E-state index contributed by atoms with van der Waals surface area (Å²) in [5.41, 5.74) is 0.680. The van der Waals surface area contributed by atoms with Crippen LogP contribution in [0.25, 0.3) is 0 Å². The summed E-state index contributed by atoms with van der Waals surface area (Å²) in [6, 6.07) is 9.25. The van der Waals surface area contributed by atoms with Gasteiger partial charge in [-0.1, -0.05) is 12.1 Å². The van der Waals surface area contributed by atoms with Crippen LogP contribution in [-0.4, -0.2) is 12.5 Å². The largest absolute Gasteiger partial charge is 0.333 e. The Kier molecular flexibility index (Phi) is 5.16. The Morgan fingerprint density at radius 1 is 1.09 bits per heavy atom. The van der Waals surface area contributed by atoms with Crippen molar-refractivity contribution >= 4 is 11.6 Å². The Bertz CT molecular complexity index is 676. The van der Waals surface area contributed by atoms with Crippen molar-refractivity contribution in [2.45, 2.75) is 13.0 Å². The Labute approximate surface area is 126 Å². The van der Waals surface area contributed by atoms with Gasteiger partial charge in [-0.15, -0.1) is 0 Å². The van der Waals surface area contributed by atoms with Crippen LogP contribution in [-0.2, 0) is 4.79 Å². The van der Waals surface area contributed by atoms with E-state index in [0.29, 0.717) is 5.56 Å². The molecule has 116 valence electrons. The predicted octanol–water partition coefficient (Wildman–Crippen LogP) is 2.37. The summed E-state index contributed by atoms with van der Waals surface area (Å²) in [7, 11) is 0. The molecule has 2 aromatic carbocycles. The summed E-state index contributed by atoms with van der Waals surface area (Å²) in [5.74, 6) is -2.72. The van der Waals surface area contributed by atoms with Crippen molar-refractivity contribution in [3.63, 3.8) is 0 Å². The third-order valence-corrected chi connectivity index (χ3v) is 3.27. The van der Waals surface area contributed by atoms with Gasteiger partial charge in [0.15, 0.2) is 18.2 Å². The smallest absolute Gasteiger partial charge is 0.279 e. The number of benzene rings is 2. The van der Waals surface area contributed by atoms with Crippen molar-refractivity contribution in [3.05, 3.63) is 65.5 Å². The fraction of sp³-hybridized carbons (Fsp3) is 0.188. The zero-order valence-corrected chi connectivity index (χ0v) is 11.9. The number of quaternary nitrogens is 1. The molecule has 3 nitrogen and oxygen atoms in total. The fourth-order valence-corrected chi connectivity index (χ4v) is 1.98. The summed E-state index contributed by atoms with van der Waals surface area (Å²) in [6.07, 6.45) is 0. The third-order valence-electron chi connectivity index (χ3n) is 3.27. The number of rotatable bonds is 5. The number of halogens is 3. The van der Waals surface area contributed by atoms with E-state index in [1.54, 1.807) is 18.3 Å². The van der Waals surface area contributed by atoms with Gasteiger partial charge in [0.05, 0.1) is 5.69 Å². The van der Waals surface area contributed by atoms with Crippen molar-refractivity contribution in [1.82, 2.24) is 0 Å². The molecule has 0 saturated carbocycles. The summed E-state index contributed by atoms with van der Waals surface area (Å²) in [4.78, 5) is 11.8. The number of nitrogens with two attached hydrogens (primary N) is 1. The molecule has 0 fully saturated rings. The van der Waals surface area contributed by atoms with E-state index in [1.165, 1.54) is 24.3 Å². The average Bonchev–Trinajstić information content (AvgIpc) is 2.50. The van der Waals surface area contributed by atoms with Gasteiger partial charge in [-0.25, -0.2) is 13.2 Å². The van der Waals surface area contributed by atoms with Gasteiger partial charge in [-0.3, -0.25) is 4.79 Å². The number of hydrogen-bond donors (Lipinski definition) is 2. The standard InChI is InChI=1S/C16H15F3N2O/c1-10(11-6-7-12(17)14(19)8-11)20-9-16(22)21-15-5-3-2-4-13(15)18/h2-8,10,20H,9H2,1H3,(H,21,22)/p+1/t10-/m1/s1. The highest BCUT2D eigenvalue weighted by Gasteiger charge is 2.14. The van der Waals surface area contributed by atoms with Gasteiger partial charge in [-0.05, 0) is 37.3 Å².